The fourth-order valence-electron chi connectivity index (χ4n) is 1.33. The van der Waals surface area contributed by atoms with E-state index in [-0.39, 0.29) is 11.5 Å². The highest BCUT2D eigenvalue weighted by molar-refractivity contribution is 5.67. The number of rotatable bonds is 2. The lowest BCUT2D eigenvalue weighted by Gasteiger charge is -1.96. The maximum atomic E-state index is 10.7. The summed E-state index contributed by atoms with van der Waals surface area (Å²) < 4.78 is 1.39. The molecule has 0 spiro atoms. The Morgan fingerprint density at radius 1 is 1.67 bits per heavy atom. The lowest BCUT2D eigenvalue weighted by molar-refractivity contribution is -0.384. The van der Waals surface area contributed by atoms with Gasteiger partial charge in [0.2, 0.25) is 0 Å². The first-order chi connectivity index (χ1) is 7.09. The summed E-state index contributed by atoms with van der Waals surface area (Å²) in [5.74, 6) is 0.278. The Balaban J connectivity index is 2.60. The van der Waals surface area contributed by atoms with E-state index < -0.39 is 4.92 Å². The molecule has 0 aliphatic heterocycles. The minimum Gasteiger partial charge on any atom is -0.382 e. The molecule has 0 unspecified atom stereocenters. The number of aromatic amines is 1. The predicted molar refractivity (Wildman–Crippen MR) is 51.9 cm³/mol. The monoisotopic (exact) mass is 208 g/mol. The molecule has 0 aliphatic rings. The van der Waals surface area contributed by atoms with Crippen LogP contribution in [0.15, 0.2) is 12.3 Å². The van der Waals surface area contributed by atoms with E-state index in [1.165, 1.54) is 16.9 Å². The molecule has 8 nitrogen and oxygen atoms in total. The first-order valence-corrected chi connectivity index (χ1v) is 4.07. The maximum absolute atomic E-state index is 10.7. The van der Waals surface area contributed by atoms with Crippen LogP contribution >= 0.6 is 0 Å². The van der Waals surface area contributed by atoms with Gasteiger partial charge >= 0.3 is 5.69 Å². The Bertz CT molecular complexity index is 513. The van der Waals surface area contributed by atoms with Gasteiger partial charge in [0.1, 0.15) is 12.0 Å². The summed E-state index contributed by atoms with van der Waals surface area (Å²) >= 11 is 0. The predicted octanol–water partition coefficient (Wildman–Crippen LogP) is 0.301. The summed E-state index contributed by atoms with van der Waals surface area (Å²) in [5.41, 5.74) is 6.16. The van der Waals surface area contributed by atoms with Crippen molar-refractivity contribution in [3.8, 4) is 11.4 Å². The lowest BCUT2D eigenvalue weighted by atomic mass is 10.3. The number of nitrogens with zero attached hydrogens (tertiary/aromatic N) is 4. The summed E-state index contributed by atoms with van der Waals surface area (Å²) in [6, 6.07) is 1.52. The molecule has 0 saturated carbocycles. The number of nitro groups is 1. The standard InChI is InChI=1S/C7H8N6O2/c1-12-7(4-2-6(8)11-10-4)5(3-9-12)13(14)15/h2-3H,1H3,(H3,8,10,11). The van der Waals surface area contributed by atoms with E-state index in [1.54, 1.807) is 7.05 Å². The van der Waals surface area contributed by atoms with Crippen LogP contribution in [0, 0.1) is 10.1 Å². The topological polar surface area (TPSA) is 116 Å². The van der Waals surface area contributed by atoms with Crippen LogP contribution in [0.4, 0.5) is 11.5 Å². The van der Waals surface area contributed by atoms with Crippen molar-refractivity contribution in [3.05, 3.63) is 22.4 Å². The van der Waals surface area contributed by atoms with Crippen LogP contribution in [0.25, 0.3) is 11.4 Å². The SMILES string of the molecule is Cn1ncc([N+](=O)[O-])c1-c1cc(N)n[nH]1. The number of H-pyrrole nitrogens is 1. The number of aryl methyl sites for hydroxylation is 1. The Hall–Kier alpha value is -2.38. The third kappa shape index (κ3) is 1.41. The minimum absolute atomic E-state index is 0.0823. The number of nitrogens with two attached hydrogens (primary N) is 1. The van der Waals surface area contributed by atoms with Crippen LogP contribution in [0.2, 0.25) is 0 Å². The van der Waals surface area contributed by atoms with Gasteiger partial charge in [-0.05, 0) is 0 Å². The molecular weight excluding hydrogens is 200 g/mol. The van der Waals surface area contributed by atoms with Gasteiger partial charge in [-0.1, -0.05) is 0 Å². The average Bonchev–Trinajstić information content (AvgIpc) is 2.71. The van der Waals surface area contributed by atoms with Gasteiger partial charge in [0.25, 0.3) is 0 Å². The van der Waals surface area contributed by atoms with Crippen LogP contribution in [0.1, 0.15) is 0 Å². The Labute approximate surface area is 83.9 Å². The molecule has 0 bridgehead atoms. The van der Waals surface area contributed by atoms with E-state index >= 15 is 0 Å². The Morgan fingerprint density at radius 2 is 2.40 bits per heavy atom. The number of hydrogen-bond donors (Lipinski definition) is 2. The molecule has 2 aromatic heterocycles. The largest absolute Gasteiger partial charge is 0.382 e. The molecule has 2 heterocycles. The van der Waals surface area contributed by atoms with E-state index in [4.69, 9.17) is 5.73 Å². The molecule has 0 fully saturated rings. The minimum atomic E-state index is -0.501. The second-order valence-electron chi connectivity index (χ2n) is 2.97. The van der Waals surface area contributed by atoms with Crippen molar-refractivity contribution < 1.29 is 4.92 Å². The molecular formula is C7H8N6O2. The van der Waals surface area contributed by atoms with Crippen molar-refractivity contribution in [2.45, 2.75) is 0 Å². The highest BCUT2D eigenvalue weighted by atomic mass is 16.6. The number of anilines is 1. The van der Waals surface area contributed by atoms with E-state index in [0.717, 1.165) is 0 Å². The van der Waals surface area contributed by atoms with Crippen molar-refractivity contribution in [2.24, 2.45) is 7.05 Å². The van der Waals surface area contributed by atoms with Crippen LogP contribution < -0.4 is 5.73 Å². The lowest BCUT2D eigenvalue weighted by Crippen LogP contribution is -1.96. The van der Waals surface area contributed by atoms with Gasteiger partial charge in [-0.2, -0.15) is 10.2 Å². The van der Waals surface area contributed by atoms with Crippen molar-refractivity contribution in [2.75, 3.05) is 5.73 Å². The molecule has 78 valence electrons. The van der Waals surface area contributed by atoms with Gasteiger partial charge in [-0.25, -0.2) is 0 Å². The quantitative estimate of drug-likeness (QED) is 0.543. The highest BCUT2D eigenvalue weighted by Gasteiger charge is 2.21. The smallest absolute Gasteiger partial charge is 0.316 e. The average molecular weight is 208 g/mol. The van der Waals surface area contributed by atoms with Crippen LogP contribution in [0.5, 0.6) is 0 Å². The second kappa shape index (κ2) is 3.08. The summed E-state index contributed by atoms with van der Waals surface area (Å²) in [6.07, 6.45) is 1.19. The van der Waals surface area contributed by atoms with Crippen molar-refractivity contribution in [1.82, 2.24) is 20.0 Å². The fraction of sp³-hybridized carbons (Fsp3) is 0.143. The molecule has 8 heteroatoms. The van der Waals surface area contributed by atoms with Gasteiger partial charge in [0, 0.05) is 13.1 Å². The third-order valence-corrected chi connectivity index (χ3v) is 1.97. The molecule has 3 N–H and O–H groups in total. The van der Waals surface area contributed by atoms with Gasteiger partial charge in [0.05, 0.1) is 10.6 Å². The highest BCUT2D eigenvalue weighted by Crippen LogP contribution is 2.27. The second-order valence-corrected chi connectivity index (χ2v) is 2.97. The number of hydrogen-bond acceptors (Lipinski definition) is 5. The Kier molecular flexibility index (Phi) is 1.89. The van der Waals surface area contributed by atoms with Crippen LogP contribution in [0.3, 0.4) is 0 Å². The normalized spacial score (nSPS) is 10.5. The van der Waals surface area contributed by atoms with Crippen molar-refractivity contribution in [3.63, 3.8) is 0 Å². The first kappa shape index (κ1) is 9.19. The molecule has 2 rings (SSSR count). The van der Waals surface area contributed by atoms with Crippen molar-refractivity contribution >= 4 is 11.5 Å². The molecule has 15 heavy (non-hydrogen) atoms. The zero-order chi connectivity index (χ0) is 11.0. The fourth-order valence-corrected chi connectivity index (χ4v) is 1.33. The first-order valence-electron chi connectivity index (χ1n) is 4.07. The molecule has 0 aromatic carbocycles. The Morgan fingerprint density at radius 3 is 2.93 bits per heavy atom. The summed E-state index contributed by atoms with van der Waals surface area (Å²) in [6.45, 7) is 0. The van der Waals surface area contributed by atoms with Gasteiger partial charge in [0.15, 0.2) is 5.69 Å². The van der Waals surface area contributed by atoms with Gasteiger partial charge < -0.3 is 5.73 Å². The van der Waals surface area contributed by atoms with Gasteiger partial charge in [-0.15, -0.1) is 0 Å². The molecule has 0 atom stereocenters. The number of nitrogens with one attached hydrogen (secondary N) is 1. The van der Waals surface area contributed by atoms with Crippen LogP contribution in [-0.2, 0) is 7.05 Å². The van der Waals surface area contributed by atoms with Gasteiger partial charge in [-0.3, -0.25) is 19.9 Å². The maximum Gasteiger partial charge on any atom is 0.316 e. The molecule has 0 aliphatic carbocycles. The third-order valence-electron chi connectivity index (χ3n) is 1.97. The van der Waals surface area contributed by atoms with Crippen LogP contribution in [-0.4, -0.2) is 24.9 Å². The molecule has 0 saturated heterocycles. The number of aromatic nitrogens is 4. The van der Waals surface area contributed by atoms with E-state index in [2.05, 4.69) is 15.3 Å². The summed E-state index contributed by atoms with van der Waals surface area (Å²) in [4.78, 5) is 10.2. The summed E-state index contributed by atoms with van der Waals surface area (Å²) in [5, 5.41) is 20.8. The van der Waals surface area contributed by atoms with E-state index in [0.29, 0.717) is 11.4 Å². The zero-order valence-electron chi connectivity index (χ0n) is 7.84. The summed E-state index contributed by atoms with van der Waals surface area (Å²) in [7, 11) is 1.61. The van der Waals surface area contributed by atoms with Crippen molar-refractivity contribution in [1.29, 1.82) is 0 Å². The molecule has 2 aromatic rings. The van der Waals surface area contributed by atoms with E-state index in [9.17, 15) is 10.1 Å². The number of nitrogen functional groups attached to an aromatic ring is 1. The molecule has 0 amide bonds. The van der Waals surface area contributed by atoms with E-state index in [1.807, 2.05) is 0 Å². The zero-order valence-corrected chi connectivity index (χ0v) is 7.84. The molecule has 0 radical (unpaired) electrons.